The number of hydrogen-bond acceptors (Lipinski definition) is 3. The third kappa shape index (κ3) is 4.64. The Balaban J connectivity index is 2.19. The molecule has 0 radical (unpaired) electrons. The monoisotopic (exact) mass is 225 g/mol. The highest BCUT2D eigenvalue weighted by Gasteiger charge is 2.20. The van der Waals surface area contributed by atoms with Gasteiger partial charge in [-0.05, 0) is 32.5 Å². The highest BCUT2D eigenvalue weighted by Crippen LogP contribution is 2.08. The molecule has 1 fully saturated rings. The Morgan fingerprint density at radius 3 is 2.81 bits per heavy atom. The topological polar surface area (TPSA) is 18.5 Å². The van der Waals surface area contributed by atoms with Crippen LogP contribution in [0.3, 0.4) is 0 Å². The summed E-state index contributed by atoms with van der Waals surface area (Å²) in [7, 11) is 2.21. The number of rotatable bonds is 6. The van der Waals surface area contributed by atoms with E-state index in [2.05, 4.69) is 42.6 Å². The van der Waals surface area contributed by atoms with Crippen molar-refractivity contribution >= 4 is 0 Å². The maximum atomic E-state index is 4.15. The van der Waals surface area contributed by atoms with Gasteiger partial charge >= 0.3 is 0 Å². The van der Waals surface area contributed by atoms with Crippen molar-refractivity contribution in [3.8, 4) is 0 Å². The molecule has 0 aliphatic carbocycles. The van der Waals surface area contributed by atoms with Crippen molar-refractivity contribution in [3.05, 3.63) is 12.2 Å². The van der Waals surface area contributed by atoms with Gasteiger partial charge in [0.15, 0.2) is 0 Å². The Morgan fingerprint density at radius 1 is 1.44 bits per heavy atom. The van der Waals surface area contributed by atoms with Gasteiger partial charge in [-0.1, -0.05) is 13.5 Å². The van der Waals surface area contributed by atoms with Crippen LogP contribution in [0.5, 0.6) is 0 Å². The molecular weight excluding hydrogens is 198 g/mol. The van der Waals surface area contributed by atoms with Gasteiger partial charge in [-0.2, -0.15) is 0 Å². The first kappa shape index (κ1) is 13.7. The van der Waals surface area contributed by atoms with Crippen LogP contribution >= 0.6 is 0 Å². The molecule has 1 atom stereocenters. The van der Waals surface area contributed by atoms with Gasteiger partial charge in [-0.25, -0.2) is 0 Å². The van der Waals surface area contributed by atoms with E-state index in [1.165, 1.54) is 31.6 Å². The first-order chi connectivity index (χ1) is 7.63. The molecule has 3 nitrogen and oxygen atoms in total. The quantitative estimate of drug-likeness (QED) is 0.541. The molecule has 1 saturated heterocycles. The van der Waals surface area contributed by atoms with Gasteiger partial charge in [0.25, 0.3) is 0 Å². The Morgan fingerprint density at radius 2 is 2.19 bits per heavy atom. The van der Waals surface area contributed by atoms with E-state index in [1.54, 1.807) is 0 Å². The third-order valence-electron chi connectivity index (χ3n) is 3.29. The van der Waals surface area contributed by atoms with E-state index in [0.717, 1.165) is 19.6 Å². The van der Waals surface area contributed by atoms with Crippen molar-refractivity contribution < 1.29 is 0 Å². The largest absolute Gasteiger partial charge is 0.313 e. The lowest BCUT2D eigenvalue weighted by Gasteiger charge is -2.38. The molecule has 1 heterocycles. The summed E-state index contributed by atoms with van der Waals surface area (Å²) in [6.45, 7) is 15.3. The summed E-state index contributed by atoms with van der Waals surface area (Å²) in [6.07, 6.45) is 1.19. The molecule has 1 aliphatic rings. The molecule has 16 heavy (non-hydrogen) atoms. The Bertz CT molecular complexity index is 215. The van der Waals surface area contributed by atoms with Crippen LogP contribution in [0.15, 0.2) is 12.2 Å². The minimum Gasteiger partial charge on any atom is -0.313 e. The molecule has 1 N–H and O–H groups in total. The van der Waals surface area contributed by atoms with Gasteiger partial charge in [0.05, 0.1) is 0 Å². The molecule has 1 aliphatic heterocycles. The molecule has 0 amide bonds. The molecule has 0 aromatic heterocycles. The second kappa shape index (κ2) is 7.05. The molecule has 0 aromatic rings. The predicted molar refractivity (Wildman–Crippen MR) is 70.8 cm³/mol. The first-order valence-corrected chi connectivity index (χ1v) is 6.43. The highest BCUT2D eigenvalue weighted by atomic mass is 15.3. The maximum absolute atomic E-state index is 4.15. The van der Waals surface area contributed by atoms with Gasteiger partial charge in [0, 0.05) is 38.8 Å². The summed E-state index contributed by atoms with van der Waals surface area (Å²) in [5, 5.41) is 3.41. The molecule has 3 heteroatoms. The second-order valence-corrected chi connectivity index (χ2v) is 4.99. The van der Waals surface area contributed by atoms with Gasteiger partial charge in [-0.3, -0.25) is 4.90 Å². The van der Waals surface area contributed by atoms with Crippen molar-refractivity contribution in [2.45, 2.75) is 26.3 Å². The van der Waals surface area contributed by atoms with Gasteiger partial charge in [0.1, 0.15) is 0 Å². The summed E-state index contributed by atoms with van der Waals surface area (Å²) < 4.78 is 0. The lowest BCUT2D eigenvalue weighted by Crippen LogP contribution is -2.50. The van der Waals surface area contributed by atoms with Crippen LogP contribution in [0.1, 0.15) is 20.3 Å². The summed E-state index contributed by atoms with van der Waals surface area (Å²) in [6, 6.07) is 0.671. The van der Waals surface area contributed by atoms with E-state index in [4.69, 9.17) is 0 Å². The van der Waals surface area contributed by atoms with Crippen molar-refractivity contribution in [2.75, 3.05) is 46.3 Å². The molecule has 1 unspecified atom stereocenters. The normalized spacial score (nSPS) is 23.6. The van der Waals surface area contributed by atoms with Crippen LogP contribution in [0, 0.1) is 0 Å². The third-order valence-corrected chi connectivity index (χ3v) is 3.29. The van der Waals surface area contributed by atoms with Crippen molar-refractivity contribution in [1.29, 1.82) is 0 Å². The molecule has 0 saturated carbocycles. The summed E-state index contributed by atoms with van der Waals surface area (Å²) >= 11 is 0. The number of piperazine rings is 1. The van der Waals surface area contributed by atoms with E-state index in [9.17, 15) is 0 Å². The van der Waals surface area contributed by atoms with Crippen LogP contribution in [-0.2, 0) is 0 Å². The van der Waals surface area contributed by atoms with Gasteiger partial charge < -0.3 is 10.2 Å². The maximum Gasteiger partial charge on any atom is 0.0204 e. The number of likely N-dealkylation sites (N-methyl/N-ethyl adjacent to an activating group) is 1. The van der Waals surface area contributed by atoms with Crippen molar-refractivity contribution in [1.82, 2.24) is 15.1 Å². The van der Waals surface area contributed by atoms with E-state index in [1.807, 2.05) is 0 Å². The Labute approximate surface area is 100 Å². The molecule has 94 valence electrons. The Kier molecular flexibility index (Phi) is 6.03. The van der Waals surface area contributed by atoms with Crippen LogP contribution in [-0.4, -0.2) is 62.2 Å². The zero-order valence-corrected chi connectivity index (χ0v) is 11.1. The second-order valence-electron chi connectivity index (χ2n) is 4.99. The smallest absolute Gasteiger partial charge is 0.0204 e. The first-order valence-electron chi connectivity index (χ1n) is 6.43. The van der Waals surface area contributed by atoms with Crippen LogP contribution in [0.4, 0.5) is 0 Å². The Hall–Kier alpha value is -0.380. The molecule has 0 bridgehead atoms. The predicted octanol–water partition coefficient (Wildman–Crippen LogP) is 1.18. The number of nitrogens with one attached hydrogen (secondary N) is 1. The number of hydrogen-bond donors (Lipinski definition) is 1. The summed E-state index contributed by atoms with van der Waals surface area (Å²) in [4.78, 5) is 4.94. The lowest BCUT2D eigenvalue weighted by molar-refractivity contribution is 0.112. The van der Waals surface area contributed by atoms with E-state index < -0.39 is 0 Å². The number of nitrogens with zero attached hydrogens (tertiary/aromatic N) is 2. The minimum absolute atomic E-state index is 0.671. The average molecular weight is 225 g/mol. The zero-order valence-electron chi connectivity index (χ0n) is 11.1. The fourth-order valence-corrected chi connectivity index (χ4v) is 2.08. The van der Waals surface area contributed by atoms with Gasteiger partial charge in [-0.15, -0.1) is 0 Å². The zero-order chi connectivity index (χ0) is 12.0. The van der Waals surface area contributed by atoms with E-state index in [-0.39, 0.29) is 0 Å². The fourth-order valence-electron chi connectivity index (χ4n) is 2.08. The molecular formula is C13H27N3. The van der Waals surface area contributed by atoms with Crippen LogP contribution in [0.2, 0.25) is 0 Å². The van der Waals surface area contributed by atoms with Crippen molar-refractivity contribution in [2.24, 2.45) is 0 Å². The van der Waals surface area contributed by atoms with Crippen LogP contribution in [0.25, 0.3) is 0 Å². The molecule has 0 spiro atoms. The molecule has 1 rings (SSSR count). The van der Waals surface area contributed by atoms with Crippen LogP contribution < -0.4 is 5.32 Å². The summed E-state index contributed by atoms with van der Waals surface area (Å²) in [5.74, 6) is 0. The highest BCUT2D eigenvalue weighted by molar-refractivity contribution is 5.00. The van der Waals surface area contributed by atoms with Crippen molar-refractivity contribution in [3.63, 3.8) is 0 Å². The standard InChI is InChI=1S/C13H27N3/c1-5-6-14-9-12(2)10-16-8-7-15(4)13(3)11-16/h13-14H,2,5-11H2,1,3-4H3. The van der Waals surface area contributed by atoms with E-state index >= 15 is 0 Å². The van der Waals surface area contributed by atoms with Gasteiger partial charge in [0.2, 0.25) is 0 Å². The minimum atomic E-state index is 0.671. The van der Waals surface area contributed by atoms with E-state index in [0.29, 0.717) is 6.04 Å². The summed E-state index contributed by atoms with van der Waals surface area (Å²) in [5.41, 5.74) is 1.31. The SMILES string of the molecule is C=C(CNCCC)CN1CCN(C)C(C)C1. The fraction of sp³-hybridized carbons (Fsp3) is 0.846. The molecule has 0 aromatic carbocycles. The average Bonchev–Trinajstić information content (AvgIpc) is 2.24. The lowest BCUT2D eigenvalue weighted by atomic mass is 10.2.